The van der Waals surface area contributed by atoms with Crippen molar-refractivity contribution >= 4 is 23.2 Å². The molecule has 0 saturated carbocycles. The first-order valence-corrected chi connectivity index (χ1v) is 8.62. The molecule has 6 nitrogen and oxygen atoms in total. The van der Waals surface area contributed by atoms with E-state index in [1.807, 2.05) is 4.90 Å². The Morgan fingerprint density at radius 2 is 1.70 bits per heavy atom. The van der Waals surface area contributed by atoms with E-state index < -0.39 is 11.7 Å². The Bertz CT molecular complexity index is 855. The summed E-state index contributed by atoms with van der Waals surface area (Å²) in [5.41, 5.74) is -0.0750. The minimum atomic E-state index is -4.37. The van der Waals surface area contributed by atoms with Crippen LogP contribution in [0.15, 0.2) is 36.7 Å². The molecule has 0 bridgehead atoms. The number of piperazine rings is 1. The fraction of sp³-hybridized carbons (Fsp3) is 0.389. The van der Waals surface area contributed by atoms with Gasteiger partial charge < -0.3 is 14.7 Å². The highest BCUT2D eigenvalue weighted by Crippen LogP contribution is 2.38. The van der Waals surface area contributed by atoms with Crippen molar-refractivity contribution in [3.05, 3.63) is 42.2 Å². The van der Waals surface area contributed by atoms with Gasteiger partial charge in [0.15, 0.2) is 11.6 Å². The Morgan fingerprint density at radius 1 is 1.04 bits per heavy atom. The van der Waals surface area contributed by atoms with Gasteiger partial charge in [-0.3, -0.25) is 4.79 Å². The second kappa shape index (κ2) is 6.40. The number of fused-ring (bicyclic) bond motifs is 3. The van der Waals surface area contributed by atoms with Crippen molar-refractivity contribution < 1.29 is 18.0 Å². The first kappa shape index (κ1) is 17.6. The van der Waals surface area contributed by atoms with Crippen molar-refractivity contribution in [2.24, 2.45) is 0 Å². The van der Waals surface area contributed by atoms with Gasteiger partial charge in [0, 0.05) is 51.2 Å². The highest BCUT2D eigenvalue weighted by atomic mass is 19.4. The molecule has 1 aromatic heterocycles. The van der Waals surface area contributed by atoms with Crippen LogP contribution in [0.25, 0.3) is 0 Å². The number of carbonyl (C=O) groups excluding carboxylic acids is 1. The minimum Gasteiger partial charge on any atom is -0.345 e. The number of aromatic nitrogens is 2. The molecule has 1 fully saturated rings. The molecule has 3 heterocycles. The van der Waals surface area contributed by atoms with Crippen LogP contribution in [-0.2, 0) is 11.0 Å². The first-order chi connectivity index (χ1) is 12.8. The van der Waals surface area contributed by atoms with Crippen LogP contribution in [0.5, 0.6) is 0 Å². The number of amides is 1. The quantitative estimate of drug-likeness (QED) is 0.765. The SMILES string of the molecule is CC(=O)N1CCN2c3nccnc3N(c3ccc(C(F)(F)F)cc3)CC2C1. The molecule has 142 valence electrons. The summed E-state index contributed by atoms with van der Waals surface area (Å²) < 4.78 is 38.6. The topological polar surface area (TPSA) is 52.6 Å². The van der Waals surface area contributed by atoms with Crippen LogP contribution < -0.4 is 9.80 Å². The van der Waals surface area contributed by atoms with E-state index in [1.54, 1.807) is 24.2 Å². The van der Waals surface area contributed by atoms with Gasteiger partial charge in [-0.2, -0.15) is 13.2 Å². The van der Waals surface area contributed by atoms with Crippen molar-refractivity contribution in [2.75, 3.05) is 36.0 Å². The Labute approximate surface area is 154 Å². The zero-order chi connectivity index (χ0) is 19.2. The molecule has 2 aliphatic rings. The second-order valence-corrected chi connectivity index (χ2v) is 6.67. The third-order valence-corrected chi connectivity index (χ3v) is 5.02. The van der Waals surface area contributed by atoms with E-state index in [9.17, 15) is 18.0 Å². The fourth-order valence-corrected chi connectivity index (χ4v) is 3.65. The molecule has 0 spiro atoms. The lowest BCUT2D eigenvalue weighted by Gasteiger charge is -2.47. The van der Waals surface area contributed by atoms with Gasteiger partial charge in [0.1, 0.15) is 0 Å². The molecule has 27 heavy (non-hydrogen) atoms. The average molecular weight is 377 g/mol. The predicted molar refractivity (Wildman–Crippen MR) is 93.9 cm³/mol. The number of hydrogen-bond donors (Lipinski definition) is 0. The van der Waals surface area contributed by atoms with Gasteiger partial charge in [0.2, 0.25) is 5.91 Å². The number of hydrogen-bond acceptors (Lipinski definition) is 5. The lowest BCUT2D eigenvalue weighted by Crippen LogP contribution is -2.60. The first-order valence-electron chi connectivity index (χ1n) is 8.62. The molecule has 1 saturated heterocycles. The van der Waals surface area contributed by atoms with Crippen LogP contribution in [0.2, 0.25) is 0 Å². The van der Waals surface area contributed by atoms with Gasteiger partial charge in [-0.15, -0.1) is 0 Å². The lowest BCUT2D eigenvalue weighted by atomic mass is 10.1. The number of rotatable bonds is 1. The van der Waals surface area contributed by atoms with Gasteiger partial charge >= 0.3 is 6.18 Å². The maximum atomic E-state index is 12.9. The van der Waals surface area contributed by atoms with Crippen molar-refractivity contribution in [1.82, 2.24) is 14.9 Å². The highest BCUT2D eigenvalue weighted by Gasteiger charge is 2.38. The maximum Gasteiger partial charge on any atom is 0.416 e. The van der Waals surface area contributed by atoms with Crippen LogP contribution in [0.1, 0.15) is 12.5 Å². The third kappa shape index (κ3) is 3.17. The van der Waals surface area contributed by atoms with Gasteiger partial charge in [-0.25, -0.2) is 9.97 Å². The van der Waals surface area contributed by atoms with Crippen molar-refractivity contribution in [1.29, 1.82) is 0 Å². The smallest absolute Gasteiger partial charge is 0.345 e. The molecule has 1 unspecified atom stereocenters. The number of anilines is 3. The molecule has 1 amide bonds. The van der Waals surface area contributed by atoms with E-state index in [0.29, 0.717) is 43.5 Å². The second-order valence-electron chi connectivity index (χ2n) is 6.67. The Morgan fingerprint density at radius 3 is 2.33 bits per heavy atom. The van der Waals surface area contributed by atoms with E-state index in [0.717, 1.165) is 12.1 Å². The van der Waals surface area contributed by atoms with E-state index >= 15 is 0 Å². The van der Waals surface area contributed by atoms with E-state index in [-0.39, 0.29) is 11.9 Å². The zero-order valence-corrected chi connectivity index (χ0v) is 14.6. The van der Waals surface area contributed by atoms with Crippen LogP contribution in [-0.4, -0.2) is 53.0 Å². The molecule has 0 aliphatic carbocycles. The molecule has 2 aromatic rings. The standard InChI is InChI=1S/C18H18F3N5O/c1-12(27)24-8-9-25-15(10-24)11-26(17-16(25)22-6-7-23-17)14-4-2-13(3-5-14)18(19,20)21/h2-7,15H,8-11H2,1H3. The van der Waals surface area contributed by atoms with E-state index in [2.05, 4.69) is 14.9 Å². The number of halogens is 3. The van der Waals surface area contributed by atoms with E-state index in [4.69, 9.17) is 0 Å². The zero-order valence-electron chi connectivity index (χ0n) is 14.6. The molecular formula is C18H18F3N5O. The molecule has 1 atom stereocenters. The van der Waals surface area contributed by atoms with Gasteiger partial charge in [-0.1, -0.05) is 0 Å². The monoisotopic (exact) mass is 377 g/mol. The third-order valence-electron chi connectivity index (χ3n) is 5.02. The summed E-state index contributed by atoms with van der Waals surface area (Å²) in [5.74, 6) is 1.32. The molecular weight excluding hydrogens is 359 g/mol. The molecule has 0 radical (unpaired) electrons. The summed E-state index contributed by atoms with van der Waals surface area (Å²) in [6, 6.07) is 5.03. The largest absolute Gasteiger partial charge is 0.416 e. The number of benzene rings is 1. The van der Waals surface area contributed by atoms with Crippen LogP contribution in [0.3, 0.4) is 0 Å². The summed E-state index contributed by atoms with van der Waals surface area (Å²) >= 11 is 0. The molecule has 9 heteroatoms. The summed E-state index contributed by atoms with van der Waals surface area (Å²) in [6.07, 6.45) is -1.20. The van der Waals surface area contributed by atoms with Gasteiger partial charge in [0.05, 0.1) is 11.6 Å². The van der Waals surface area contributed by atoms with Crippen molar-refractivity contribution in [2.45, 2.75) is 19.1 Å². The Kier molecular flexibility index (Phi) is 4.16. The average Bonchev–Trinajstić information content (AvgIpc) is 2.66. The summed E-state index contributed by atoms with van der Waals surface area (Å²) in [5, 5.41) is 0. The molecule has 0 N–H and O–H groups in total. The van der Waals surface area contributed by atoms with Crippen LogP contribution in [0, 0.1) is 0 Å². The fourth-order valence-electron chi connectivity index (χ4n) is 3.65. The van der Waals surface area contributed by atoms with Gasteiger partial charge in [0.25, 0.3) is 0 Å². The summed E-state index contributed by atoms with van der Waals surface area (Å²) in [7, 11) is 0. The number of nitrogens with zero attached hydrogens (tertiary/aromatic N) is 5. The Balaban J connectivity index is 1.69. The van der Waals surface area contributed by atoms with Crippen LogP contribution >= 0.6 is 0 Å². The Hall–Kier alpha value is -2.84. The molecule has 1 aromatic carbocycles. The molecule has 4 rings (SSSR count). The van der Waals surface area contributed by atoms with Crippen molar-refractivity contribution in [3.8, 4) is 0 Å². The molecule has 2 aliphatic heterocycles. The van der Waals surface area contributed by atoms with Gasteiger partial charge in [-0.05, 0) is 24.3 Å². The number of alkyl halides is 3. The maximum absolute atomic E-state index is 12.9. The number of carbonyl (C=O) groups is 1. The lowest BCUT2D eigenvalue weighted by molar-refractivity contribution is -0.137. The van der Waals surface area contributed by atoms with E-state index in [1.165, 1.54) is 12.1 Å². The predicted octanol–water partition coefficient (Wildman–Crippen LogP) is 2.68. The van der Waals surface area contributed by atoms with Crippen molar-refractivity contribution in [3.63, 3.8) is 0 Å². The normalized spacial score (nSPS) is 19.6. The highest BCUT2D eigenvalue weighted by molar-refractivity contribution is 5.76. The van der Waals surface area contributed by atoms with Crippen LogP contribution in [0.4, 0.5) is 30.5 Å². The summed E-state index contributed by atoms with van der Waals surface area (Å²) in [4.78, 5) is 26.4. The summed E-state index contributed by atoms with van der Waals surface area (Å²) in [6.45, 7) is 3.86. The minimum absolute atomic E-state index is 0.00542.